The van der Waals surface area contributed by atoms with Crippen LogP contribution < -0.4 is 10.2 Å². The molecule has 0 unspecified atom stereocenters. The molecule has 3 amide bonds. The van der Waals surface area contributed by atoms with E-state index in [1.807, 2.05) is 0 Å². The van der Waals surface area contributed by atoms with Crippen LogP contribution in [-0.4, -0.2) is 62.2 Å². The second-order valence-electron chi connectivity index (χ2n) is 9.19. The highest BCUT2D eigenvalue weighted by Gasteiger charge is 2.60. The fourth-order valence-electron chi connectivity index (χ4n) is 4.37. The quantitative estimate of drug-likeness (QED) is 0.476. The number of hydrogen-bond acceptors (Lipinski definition) is 5. The van der Waals surface area contributed by atoms with Crippen LogP contribution in [0.5, 0.6) is 0 Å². The van der Waals surface area contributed by atoms with Gasteiger partial charge in [-0.1, -0.05) is 11.6 Å². The van der Waals surface area contributed by atoms with Crippen molar-refractivity contribution in [1.82, 2.24) is 24.5 Å². The number of halogens is 6. The van der Waals surface area contributed by atoms with E-state index >= 15 is 0 Å². The number of nitrogens with one attached hydrogen (secondary N) is 1. The smallest absolute Gasteiger partial charge is 0.337 e. The van der Waals surface area contributed by atoms with Crippen molar-refractivity contribution >= 4 is 40.6 Å². The monoisotopic (exact) mass is 543 g/mol. The van der Waals surface area contributed by atoms with Gasteiger partial charge in [0.1, 0.15) is 11.1 Å². The van der Waals surface area contributed by atoms with Gasteiger partial charge in [0, 0.05) is 25.7 Å². The first-order chi connectivity index (χ1) is 17.3. The molecule has 3 aromatic heterocycles. The fraction of sp³-hybridized carbons (Fsp3) is 0.409. The van der Waals surface area contributed by atoms with E-state index in [9.17, 15) is 31.5 Å². The Balaban J connectivity index is 1.48. The van der Waals surface area contributed by atoms with E-state index < -0.39 is 47.8 Å². The molecule has 1 N–H and O–H groups in total. The van der Waals surface area contributed by atoms with Crippen molar-refractivity contribution in [3.05, 3.63) is 46.6 Å². The first kappa shape index (κ1) is 25.1. The van der Waals surface area contributed by atoms with Crippen LogP contribution in [0.3, 0.4) is 0 Å². The van der Waals surface area contributed by atoms with Gasteiger partial charge in [0.25, 0.3) is 12.3 Å². The number of fused-ring (bicyclic) bond motifs is 3. The van der Waals surface area contributed by atoms with Crippen LogP contribution in [0.15, 0.2) is 24.5 Å². The third kappa shape index (κ3) is 4.12. The van der Waals surface area contributed by atoms with Gasteiger partial charge in [-0.2, -0.15) is 18.3 Å². The zero-order valence-corrected chi connectivity index (χ0v) is 20.1. The Morgan fingerprint density at radius 1 is 1.22 bits per heavy atom. The summed E-state index contributed by atoms with van der Waals surface area (Å²) in [6.07, 6.45) is -4.24. The number of pyridine rings is 1. The zero-order valence-electron chi connectivity index (χ0n) is 19.4. The number of hydrogen-bond donors (Lipinski definition) is 1. The van der Waals surface area contributed by atoms with E-state index in [4.69, 9.17) is 11.6 Å². The van der Waals surface area contributed by atoms with Crippen molar-refractivity contribution in [1.29, 1.82) is 0 Å². The van der Waals surface area contributed by atoms with Crippen LogP contribution in [0, 0.1) is 0 Å². The van der Waals surface area contributed by atoms with Crippen molar-refractivity contribution in [3.8, 4) is 0 Å². The van der Waals surface area contributed by atoms with E-state index in [1.54, 1.807) is 0 Å². The molecule has 196 valence electrons. The van der Waals surface area contributed by atoms with Gasteiger partial charge >= 0.3 is 12.2 Å². The summed E-state index contributed by atoms with van der Waals surface area (Å²) >= 11 is 5.87. The van der Waals surface area contributed by atoms with Crippen LogP contribution in [0.4, 0.5) is 38.1 Å². The molecule has 9 nitrogen and oxygen atoms in total. The molecule has 1 atom stereocenters. The maximum atomic E-state index is 14.2. The standard InChI is InChI=1S/C22H19ClF5N7O2/c1-21(22(26,27)28)9-34(13-8-29-15-6-14(23)32-35(15)17(13)21)20(37)31-10-5-12(18(24)25)16(30-7-10)19(36)33(2)11-3-4-11/h5-8,11,18H,3-4,9H2,1-2H3,(H,31,37)/t21-/m1/s1. The molecule has 1 aliphatic heterocycles. The van der Waals surface area contributed by atoms with E-state index in [-0.39, 0.29) is 33.9 Å². The predicted octanol–water partition coefficient (Wildman–Crippen LogP) is 4.82. The summed E-state index contributed by atoms with van der Waals surface area (Å²) in [6.45, 7) is 0.0925. The van der Waals surface area contributed by atoms with Gasteiger partial charge in [0.05, 0.1) is 35.0 Å². The van der Waals surface area contributed by atoms with Gasteiger partial charge in [-0.3, -0.25) is 9.69 Å². The van der Waals surface area contributed by atoms with Crippen molar-refractivity contribution in [3.63, 3.8) is 0 Å². The molecule has 0 saturated heterocycles. The van der Waals surface area contributed by atoms with Crippen LogP contribution in [0.2, 0.25) is 5.15 Å². The lowest BCUT2D eigenvalue weighted by atomic mass is 9.88. The number of carbonyl (C=O) groups is 2. The maximum absolute atomic E-state index is 14.2. The Morgan fingerprint density at radius 2 is 1.92 bits per heavy atom. The number of nitrogens with zero attached hydrogens (tertiary/aromatic N) is 6. The normalized spacial score (nSPS) is 19.4. The molecule has 0 spiro atoms. The lowest BCUT2D eigenvalue weighted by Gasteiger charge is -2.28. The number of urea groups is 1. The first-order valence-corrected chi connectivity index (χ1v) is 11.4. The summed E-state index contributed by atoms with van der Waals surface area (Å²) in [5, 5.41) is 6.12. The summed E-state index contributed by atoms with van der Waals surface area (Å²) in [6, 6.07) is 1.09. The Kier molecular flexibility index (Phi) is 5.77. The molecule has 15 heteroatoms. The topological polar surface area (TPSA) is 95.7 Å². The maximum Gasteiger partial charge on any atom is 0.401 e. The van der Waals surface area contributed by atoms with Gasteiger partial charge < -0.3 is 10.2 Å². The second-order valence-corrected chi connectivity index (χ2v) is 9.57. The van der Waals surface area contributed by atoms with Crippen LogP contribution in [-0.2, 0) is 5.41 Å². The number of anilines is 2. The van der Waals surface area contributed by atoms with Crippen molar-refractivity contribution in [2.75, 3.05) is 23.8 Å². The molecule has 1 aliphatic carbocycles. The summed E-state index contributed by atoms with van der Waals surface area (Å²) in [4.78, 5) is 35.7. The Hall–Kier alpha value is -3.55. The van der Waals surface area contributed by atoms with Crippen LogP contribution >= 0.6 is 11.6 Å². The lowest BCUT2D eigenvalue weighted by molar-refractivity contribution is -0.181. The minimum absolute atomic E-state index is 0.0397. The van der Waals surface area contributed by atoms with Gasteiger partial charge in [-0.15, -0.1) is 0 Å². The molecule has 5 rings (SSSR count). The van der Waals surface area contributed by atoms with E-state index in [1.165, 1.54) is 18.0 Å². The van der Waals surface area contributed by atoms with Crippen molar-refractivity contribution < 1.29 is 31.5 Å². The molecule has 4 heterocycles. The third-order valence-corrected chi connectivity index (χ3v) is 6.80. The van der Waals surface area contributed by atoms with Crippen LogP contribution in [0.1, 0.15) is 47.9 Å². The highest BCUT2D eigenvalue weighted by molar-refractivity contribution is 6.29. The summed E-state index contributed by atoms with van der Waals surface area (Å²) in [5.74, 6) is -0.682. The number of amides is 3. The molecular weight excluding hydrogens is 525 g/mol. The molecule has 0 aromatic carbocycles. The van der Waals surface area contributed by atoms with Gasteiger partial charge in [0.15, 0.2) is 10.8 Å². The Labute approximate surface area is 211 Å². The lowest BCUT2D eigenvalue weighted by Crippen LogP contribution is -2.46. The van der Waals surface area contributed by atoms with Gasteiger partial charge in [-0.25, -0.2) is 28.1 Å². The summed E-state index contributed by atoms with van der Waals surface area (Å²) in [5.41, 5.74) is -4.38. The Morgan fingerprint density at radius 3 is 2.54 bits per heavy atom. The second kappa shape index (κ2) is 8.50. The molecule has 1 fully saturated rings. The molecule has 1 saturated carbocycles. The summed E-state index contributed by atoms with van der Waals surface area (Å²) < 4.78 is 71.2. The predicted molar refractivity (Wildman–Crippen MR) is 122 cm³/mol. The van der Waals surface area contributed by atoms with Gasteiger partial charge in [-0.05, 0) is 25.8 Å². The van der Waals surface area contributed by atoms with Crippen molar-refractivity contribution in [2.24, 2.45) is 0 Å². The molecular formula is C22H19ClF5N7O2. The van der Waals surface area contributed by atoms with E-state index in [0.29, 0.717) is 0 Å². The highest BCUT2D eigenvalue weighted by Crippen LogP contribution is 2.50. The summed E-state index contributed by atoms with van der Waals surface area (Å²) in [7, 11) is 1.49. The van der Waals surface area contributed by atoms with E-state index in [0.717, 1.165) is 47.6 Å². The average Bonchev–Trinajstić information content (AvgIpc) is 3.53. The highest BCUT2D eigenvalue weighted by atomic mass is 35.5. The molecule has 2 aliphatic rings. The minimum atomic E-state index is -4.79. The number of carbonyl (C=O) groups excluding carboxylic acids is 2. The number of alkyl halides is 5. The van der Waals surface area contributed by atoms with Crippen LogP contribution in [0.25, 0.3) is 5.65 Å². The number of rotatable bonds is 4. The minimum Gasteiger partial charge on any atom is -0.337 e. The van der Waals surface area contributed by atoms with Crippen molar-refractivity contribution in [2.45, 2.75) is 43.8 Å². The first-order valence-electron chi connectivity index (χ1n) is 11.1. The SMILES string of the molecule is CN(C(=O)c1ncc(NC(=O)N2C[C@@](C)(C(F)(F)F)c3c2cnc2cc(Cl)nn32)cc1C(F)F)C1CC1. The van der Waals surface area contributed by atoms with Gasteiger partial charge in [0.2, 0.25) is 0 Å². The molecule has 0 radical (unpaired) electrons. The molecule has 0 bridgehead atoms. The molecule has 37 heavy (non-hydrogen) atoms. The largest absolute Gasteiger partial charge is 0.401 e. The molecule has 3 aromatic rings. The average molecular weight is 544 g/mol. The Bertz CT molecular complexity index is 1420. The number of aromatic nitrogens is 4. The zero-order chi connectivity index (χ0) is 26.9. The van der Waals surface area contributed by atoms with E-state index in [2.05, 4.69) is 20.4 Å². The fourth-order valence-corrected chi connectivity index (χ4v) is 4.55. The third-order valence-electron chi connectivity index (χ3n) is 6.61.